The number of fused-ring (bicyclic) bond motifs is 12. The third kappa shape index (κ3) is 3.37. The number of nitrogens with zero attached hydrogens (tertiary/aromatic N) is 1. The molecule has 0 amide bonds. The van der Waals surface area contributed by atoms with E-state index in [9.17, 15) is 0 Å². The van der Waals surface area contributed by atoms with Gasteiger partial charge in [0.25, 0.3) is 0 Å². The zero-order chi connectivity index (χ0) is 30.6. The van der Waals surface area contributed by atoms with Crippen LogP contribution in [-0.2, 0) is 5.41 Å². The van der Waals surface area contributed by atoms with E-state index in [-0.39, 0.29) is 5.41 Å². The van der Waals surface area contributed by atoms with Gasteiger partial charge in [0, 0.05) is 38.3 Å². The van der Waals surface area contributed by atoms with E-state index >= 15 is 0 Å². The number of hydrogen-bond acceptors (Lipinski definition) is 3. The van der Waals surface area contributed by atoms with Gasteiger partial charge < -0.3 is 13.7 Å². The van der Waals surface area contributed by atoms with Gasteiger partial charge in [0.05, 0.1) is 11.1 Å². The number of para-hydroxylation sites is 2. The molecule has 1 aliphatic rings. The third-order valence-electron chi connectivity index (χ3n) is 10.0. The predicted octanol–water partition coefficient (Wildman–Crippen LogP) is 12.4. The highest BCUT2D eigenvalue weighted by atomic mass is 16.3. The highest BCUT2D eigenvalue weighted by molar-refractivity contribution is 6.25. The molecular weight excluding hydrogens is 562 g/mol. The molecule has 0 aliphatic heterocycles. The van der Waals surface area contributed by atoms with Crippen LogP contribution in [0.3, 0.4) is 0 Å². The van der Waals surface area contributed by atoms with E-state index in [1.165, 1.54) is 27.6 Å². The van der Waals surface area contributed by atoms with E-state index in [2.05, 4.69) is 158 Å². The number of rotatable bonds is 3. The van der Waals surface area contributed by atoms with Gasteiger partial charge >= 0.3 is 0 Å². The summed E-state index contributed by atoms with van der Waals surface area (Å²) in [5.41, 5.74) is 11.8. The molecule has 7 aromatic carbocycles. The summed E-state index contributed by atoms with van der Waals surface area (Å²) in [6, 6.07) is 49.7. The summed E-state index contributed by atoms with van der Waals surface area (Å²) in [5.74, 6) is 0. The molecule has 0 spiro atoms. The molecule has 0 atom stereocenters. The maximum atomic E-state index is 6.78. The Bertz CT molecular complexity index is 2670. The maximum absolute atomic E-state index is 6.78. The SMILES string of the molecule is CC1(C)c2ccccc2-c2ccc(N(c3ccccc3)c3cccc4c3oc3ccc5c6ccc7ccccc7c6oc5c34)cc21. The summed E-state index contributed by atoms with van der Waals surface area (Å²) >= 11 is 0. The highest BCUT2D eigenvalue weighted by Gasteiger charge is 2.36. The van der Waals surface area contributed by atoms with E-state index in [0.29, 0.717) is 0 Å². The van der Waals surface area contributed by atoms with Crippen LogP contribution in [0.2, 0.25) is 0 Å². The van der Waals surface area contributed by atoms with Crippen LogP contribution in [0.5, 0.6) is 0 Å². The van der Waals surface area contributed by atoms with Gasteiger partial charge in [-0.05, 0) is 76.2 Å². The predicted molar refractivity (Wildman–Crippen MR) is 191 cm³/mol. The molecule has 2 heterocycles. The molecule has 0 bridgehead atoms. The lowest BCUT2D eigenvalue weighted by Crippen LogP contribution is -2.16. The van der Waals surface area contributed by atoms with Gasteiger partial charge in [-0.2, -0.15) is 0 Å². The van der Waals surface area contributed by atoms with Crippen molar-refractivity contribution in [3.63, 3.8) is 0 Å². The number of furan rings is 2. The summed E-state index contributed by atoms with van der Waals surface area (Å²) in [4.78, 5) is 2.33. The first-order chi connectivity index (χ1) is 22.6. The lowest BCUT2D eigenvalue weighted by atomic mass is 9.82. The zero-order valence-corrected chi connectivity index (χ0v) is 25.5. The minimum Gasteiger partial charge on any atom is -0.455 e. The molecular formula is C43H29NO2. The first-order valence-electron chi connectivity index (χ1n) is 15.9. The van der Waals surface area contributed by atoms with Crippen LogP contribution >= 0.6 is 0 Å². The van der Waals surface area contributed by atoms with Gasteiger partial charge in [-0.25, -0.2) is 0 Å². The minimum atomic E-state index is -0.104. The van der Waals surface area contributed by atoms with Crippen molar-refractivity contribution in [2.75, 3.05) is 4.90 Å². The third-order valence-corrected chi connectivity index (χ3v) is 10.0. The van der Waals surface area contributed by atoms with Gasteiger partial charge in [0.15, 0.2) is 5.58 Å². The molecule has 218 valence electrons. The Morgan fingerprint density at radius 3 is 2.13 bits per heavy atom. The van der Waals surface area contributed by atoms with Crippen molar-refractivity contribution >= 4 is 71.7 Å². The normalized spacial score (nSPS) is 13.6. The van der Waals surface area contributed by atoms with Crippen molar-refractivity contribution < 1.29 is 8.83 Å². The monoisotopic (exact) mass is 591 g/mol. The summed E-state index contributed by atoms with van der Waals surface area (Å²) in [5, 5.41) is 6.55. The van der Waals surface area contributed by atoms with E-state index in [1.54, 1.807) is 0 Å². The summed E-state index contributed by atoms with van der Waals surface area (Å²) < 4.78 is 13.5. The molecule has 0 saturated heterocycles. The van der Waals surface area contributed by atoms with Crippen molar-refractivity contribution in [1.29, 1.82) is 0 Å². The molecule has 0 fully saturated rings. The number of hydrogen-bond donors (Lipinski definition) is 0. The molecule has 2 aromatic heterocycles. The smallest absolute Gasteiger partial charge is 0.159 e. The Balaban J connectivity index is 1.23. The average molecular weight is 592 g/mol. The lowest BCUT2D eigenvalue weighted by molar-refractivity contribution is 0.660. The van der Waals surface area contributed by atoms with Gasteiger partial charge in [-0.3, -0.25) is 0 Å². The van der Waals surface area contributed by atoms with E-state index in [1.807, 2.05) is 0 Å². The van der Waals surface area contributed by atoms with E-state index in [0.717, 1.165) is 66.3 Å². The molecule has 0 saturated carbocycles. The Morgan fingerprint density at radius 1 is 0.478 bits per heavy atom. The van der Waals surface area contributed by atoms with Gasteiger partial charge in [-0.1, -0.05) is 105 Å². The van der Waals surface area contributed by atoms with Gasteiger partial charge in [0.1, 0.15) is 16.7 Å². The fourth-order valence-corrected chi connectivity index (χ4v) is 7.84. The van der Waals surface area contributed by atoms with Gasteiger partial charge in [-0.15, -0.1) is 0 Å². The summed E-state index contributed by atoms with van der Waals surface area (Å²) in [6.45, 7) is 4.66. The van der Waals surface area contributed by atoms with Gasteiger partial charge in [0.2, 0.25) is 0 Å². The molecule has 46 heavy (non-hydrogen) atoms. The summed E-state index contributed by atoms with van der Waals surface area (Å²) in [6.07, 6.45) is 0. The largest absolute Gasteiger partial charge is 0.455 e. The highest BCUT2D eigenvalue weighted by Crippen LogP contribution is 2.51. The second kappa shape index (κ2) is 9.12. The maximum Gasteiger partial charge on any atom is 0.159 e. The standard InChI is InChI=1S/C43H29NO2/c1-43(2)35-17-9-8-15-30(35)31-22-20-28(25-36(31)43)44(27-12-4-3-5-13-27)37-18-10-16-34-39-38(45-41(34)37)24-23-33-32-21-19-26-11-6-7-14-29(26)40(32)46-42(33)39/h3-25H,1-2H3. The fraction of sp³-hybridized carbons (Fsp3) is 0.0698. The van der Waals surface area contributed by atoms with Crippen molar-refractivity contribution in [3.8, 4) is 11.1 Å². The van der Waals surface area contributed by atoms with Crippen LogP contribution < -0.4 is 4.90 Å². The minimum absolute atomic E-state index is 0.104. The Kier molecular flexibility index (Phi) is 5.06. The Morgan fingerprint density at radius 2 is 1.22 bits per heavy atom. The van der Waals surface area contributed by atoms with E-state index < -0.39 is 0 Å². The van der Waals surface area contributed by atoms with Crippen LogP contribution in [0.15, 0.2) is 148 Å². The van der Waals surface area contributed by atoms with Crippen LogP contribution in [0, 0.1) is 0 Å². The first-order valence-corrected chi connectivity index (χ1v) is 15.9. The van der Waals surface area contributed by atoms with Crippen LogP contribution in [0.1, 0.15) is 25.0 Å². The molecule has 3 heteroatoms. The fourth-order valence-electron chi connectivity index (χ4n) is 7.84. The van der Waals surface area contributed by atoms with Crippen molar-refractivity contribution in [2.24, 2.45) is 0 Å². The molecule has 1 aliphatic carbocycles. The number of anilines is 3. The Hall–Kier alpha value is -5.80. The van der Waals surface area contributed by atoms with Crippen LogP contribution in [-0.4, -0.2) is 0 Å². The molecule has 0 radical (unpaired) electrons. The zero-order valence-electron chi connectivity index (χ0n) is 25.5. The quantitative estimate of drug-likeness (QED) is 0.205. The molecule has 10 rings (SSSR count). The molecule has 0 N–H and O–H groups in total. The second-order valence-electron chi connectivity index (χ2n) is 12.9. The van der Waals surface area contributed by atoms with Crippen molar-refractivity contribution in [1.82, 2.24) is 0 Å². The molecule has 0 unspecified atom stereocenters. The molecule has 3 nitrogen and oxygen atoms in total. The Labute approximate surface area is 265 Å². The second-order valence-corrected chi connectivity index (χ2v) is 12.9. The van der Waals surface area contributed by atoms with Crippen LogP contribution in [0.4, 0.5) is 17.1 Å². The average Bonchev–Trinajstić information content (AvgIpc) is 3.74. The summed E-state index contributed by atoms with van der Waals surface area (Å²) in [7, 11) is 0. The number of benzene rings is 7. The molecule has 9 aromatic rings. The topological polar surface area (TPSA) is 29.5 Å². The van der Waals surface area contributed by atoms with Crippen molar-refractivity contribution in [3.05, 3.63) is 151 Å². The van der Waals surface area contributed by atoms with E-state index in [4.69, 9.17) is 8.83 Å². The lowest BCUT2D eigenvalue weighted by Gasteiger charge is -2.28. The van der Waals surface area contributed by atoms with Crippen LogP contribution in [0.25, 0.3) is 65.8 Å². The first kappa shape index (κ1) is 25.5. The van der Waals surface area contributed by atoms with Crippen molar-refractivity contribution in [2.45, 2.75) is 19.3 Å².